The van der Waals surface area contributed by atoms with E-state index in [2.05, 4.69) is 5.32 Å². The molecule has 1 unspecified atom stereocenters. The summed E-state index contributed by atoms with van der Waals surface area (Å²) >= 11 is 6.38. The van der Waals surface area contributed by atoms with Gasteiger partial charge in [0.05, 0.1) is 16.4 Å². The molecule has 1 fully saturated rings. The maximum absolute atomic E-state index is 12.5. The minimum Gasteiger partial charge on any atom is -0.396 e. The van der Waals surface area contributed by atoms with Gasteiger partial charge in [-0.1, -0.05) is 41.9 Å². The summed E-state index contributed by atoms with van der Waals surface area (Å²) in [5.74, 6) is 0.719. The standard InChI is InChI=1S/C18H19ClF2N2O/c19-15-13(7-8-14(16(15)22)23-9-10-1-2-10)11-3-5-12(6-4-11)17(24)18(20)21/h3-8,10,17-18,23-24H,1-2,9,22H2. The first-order valence-corrected chi connectivity index (χ1v) is 8.23. The van der Waals surface area contributed by atoms with Crippen LogP contribution in [-0.2, 0) is 0 Å². The van der Waals surface area contributed by atoms with E-state index in [0.29, 0.717) is 10.7 Å². The number of halogens is 3. The van der Waals surface area contributed by atoms with Gasteiger partial charge < -0.3 is 16.2 Å². The Hall–Kier alpha value is -1.85. The van der Waals surface area contributed by atoms with Gasteiger partial charge in [-0.05, 0) is 36.0 Å². The number of nitrogen functional groups attached to an aromatic ring is 1. The van der Waals surface area contributed by atoms with Gasteiger partial charge >= 0.3 is 0 Å². The van der Waals surface area contributed by atoms with E-state index >= 15 is 0 Å². The van der Waals surface area contributed by atoms with Crippen molar-refractivity contribution in [1.82, 2.24) is 0 Å². The minimum absolute atomic E-state index is 0.167. The van der Waals surface area contributed by atoms with Crippen molar-refractivity contribution in [3.05, 3.63) is 47.0 Å². The van der Waals surface area contributed by atoms with Crippen LogP contribution in [0.4, 0.5) is 20.2 Å². The van der Waals surface area contributed by atoms with E-state index in [1.807, 2.05) is 12.1 Å². The minimum atomic E-state index is -2.81. The number of hydrogen-bond acceptors (Lipinski definition) is 3. The van der Waals surface area contributed by atoms with E-state index in [4.69, 9.17) is 17.3 Å². The number of nitrogens with two attached hydrogens (primary N) is 1. The number of rotatable bonds is 6. The molecule has 0 aromatic heterocycles. The summed E-state index contributed by atoms with van der Waals surface area (Å²) in [6, 6.07) is 9.97. The normalized spacial score (nSPS) is 15.5. The van der Waals surface area contributed by atoms with Crippen LogP contribution < -0.4 is 11.1 Å². The molecule has 1 aliphatic rings. The number of benzene rings is 2. The van der Waals surface area contributed by atoms with E-state index in [1.165, 1.54) is 25.0 Å². The molecule has 2 aromatic carbocycles. The van der Waals surface area contributed by atoms with Gasteiger partial charge in [-0.25, -0.2) is 8.78 Å². The summed E-state index contributed by atoms with van der Waals surface area (Å²) in [5, 5.41) is 13.1. The van der Waals surface area contributed by atoms with E-state index in [9.17, 15) is 13.9 Å². The smallest absolute Gasteiger partial charge is 0.268 e. The molecule has 0 amide bonds. The third kappa shape index (κ3) is 3.62. The van der Waals surface area contributed by atoms with Crippen molar-refractivity contribution in [2.45, 2.75) is 25.4 Å². The summed E-state index contributed by atoms with van der Waals surface area (Å²) in [6.45, 7) is 0.889. The fraction of sp³-hybridized carbons (Fsp3) is 0.333. The summed E-state index contributed by atoms with van der Waals surface area (Å²) in [7, 11) is 0. The van der Waals surface area contributed by atoms with Crippen molar-refractivity contribution in [3.8, 4) is 11.1 Å². The van der Waals surface area contributed by atoms with Gasteiger partial charge in [0.15, 0.2) is 0 Å². The summed E-state index contributed by atoms with van der Waals surface area (Å²) in [4.78, 5) is 0. The molecule has 0 bridgehead atoms. The van der Waals surface area contributed by atoms with Gasteiger partial charge in [0.1, 0.15) is 6.10 Å². The quantitative estimate of drug-likeness (QED) is 0.660. The number of aliphatic hydroxyl groups excluding tert-OH is 1. The largest absolute Gasteiger partial charge is 0.396 e. The van der Waals surface area contributed by atoms with Crippen LogP contribution in [0.25, 0.3) is 11.1 Å². The Balaban J connectivity index is 1.82. The third-order valence-corrected chi connectivity index (χ3v) is 4.67. The Morgan fingerprint density at radius 2 is 1.83 bits per heavy atom. The highest BCUT2D eigenvalue weighted by Crippen LogP contribution is 2.38. The van der Waals surface area contributed by atoms with Crippen LogP contribution in [0, 0.1) is 5.92 Å². The molecule has 1 saturated carbocycles. The van der Waals surface area contributed by atoms with Gasteiger partial charge in [0, 0.05) is 12.1 Å². The molecule has 3 nitrogen and oxygen atoms in total. The maximum atomic E-state index is 12.5. The monoisotopic (exact) mass is 352 g/mol. The van der Waals surface area contributed by atoms with Crippen LogP contribution in [-0.4, -0.2) is 18.1 Å². The SMILES string of the molecule is Nc1c(NCC2CC2)ccc(-c2ccc(C(O)C(F)F)cc2)c1Cl. The highest BCUT2D eigenvalue weighted by Gasteiger charge is 2.22. The summed E-state index contributed by atoms with van der Waals surface area (Å²) in [6.07, 6.45) is -2.11. The Bertz CT molecular complexity index is 718. The summed E-state index contributed by atoms with van der Waals surface area (Å²) in [5.41, 5.74) is 9.04. The fourth-order valence-corrected chi connectivity index (χ4v) is 2.83. The van der Waals surface area contributed by atoms with E-state index < -0.39 is 12.5 Å². The molecule has 0 spiro atoms. The van der Waals surface area contributed by atoms with Crippen molar-refractivity contribution in [3.63, 3.8) is 0 Å². The number of aliphatic hydroxyl groups is 1. The van der Waals surface area contributed by atoms with E-state index in [-0.39, 0.29) is 5.56 Å². The zero-order chi connectivity index (χ0) is 17.3. The predicted molar refractivity (Wildman–Crippen MR) is 93.5 cm³/mol. The Kier molecular flexibility index (Phi) is 4.92. The first-order chi connectivity index (χ1) is 11.5. The third-order valence-electron chi connectivity index (χ3n) is 4.26. The molecule has 6 heteroatoms. The highest BCUT2D eigenvalue weighted by molar-refractivity contribution is 6.36. The van der Waals surface area contributed by atoms with Crippen LogP contribution >= 0.6 is 11.6 Å². The number of alkyl halides is 2. The zero-order valence-corrected chi connectivity index (χ0v) is 13.7. The first-order valence-electron chi connectivity index (χ1n) is 7.85. The number of nitrogens with one attached hydrogen (secondary N) is 1. The van der Waals surface area contributed by atoms with Crippen LogP contribution in [0.1, 0.15) is 24.5 Å². The number of anilines is 2. The average molecular weight is 353 g/mol. The number of hydrogen-bond donors (Lipinski definition) is 3. The topological polar surface area (TPSA) is 58.3 Å². The van der Waals surface area contributed by atoms with Gasteiger partial charge in [0.25, 0.3) is 6.43 Å². The molecule has 0 heterocycles. The van der Waals surface area contributed by atoms with Crippen molar-refractivity contribution < 1.29 is 13.9 Å². The van der Waals surface area contributed by atoms with Crippen molar-refractivity contribution >= 4 is 23.0 Å². The molecule has 0 saturated heterocycles. The first kappa shape index (κ1) is 17.0. The lowest BCUT2D eigenvalue weighted by Crippen LogP contribution is -2.07. The average Bonchev–Trinajstić information content (AvgIpc) is 3.40. The molecule has 1 aliphatic carbocycles. The lowest BCUT2D eigenvalue weighted by atomic mass is 10.0. The zero-order valence-electron chi connectivity index (χ0n) is 13.0. The molecule has 0 radical (unpaired) electrons. The molecule has 0 aliphatic heterocycles. The molecular weight excluding hydrogens is 334 g/mol. The fourth-order valence-electron chi connectivity index (χ4n) is 2.55. The second kappa shape index (κ2) is 6.95. The maximum Gasteiger partial charge on any atom is 0.268 e. The lowest BCUT2D eigenvalue weighted by Gasteiger charge is -2.14. The molecule has 4 N–H and O–H groups in total. The second-order valence-electron chi connectivity index (χ2n) is 6.11. The van der Waals surface area contributed by atoms with Gasteiger partial charge in [-0.15, -0.1) is 0 Å². The van der Waals surface area contributed by atoms with E-state index in [0.717, 1.165) is 29.3 Å². The van der Waals surface area contributed by atoms with Crippen molar-refractivity contribution in [1.29, 1.82) is 0 Å². The molecular formula is C18H19ClF2N2O. The van der Waals surface area contributed by atoms with Crippen molar-refractivity contribution in [2.24, 2.45) is 5.92 Å². The molecule has 24 heavy (non-hydrogen) atoms. The lowest BCUT2D eigenvalue weighted by molar-refractivity contribution is -0.00577. The highest BCUT2D eigenvalue weighted by atomic mass is 35.5. The van der Waals surface area contributed by atoms with E-state index in [1.54, 1.807) is 12.1 Å². The molecule has 1 atom stereocenters. The van der Waals surface area contributed by atoms with Gasteiger partial charge in [-0.3, -0.25) is 0 Å². The van der Waals surface area contributed by atoms with Crippen molar-refractivity contribution in [2.75, 3.05) is 17.6 Å². The molecule has 128 valence electrons. The van der Waals surface area contributed by atoms with Crippen LogP contribution in [0.5, 0.6) is 0 Å². The molecule has 3 rings (SSSR count). The second-order valence-corrected chi connectivity index (χ2v) is 6.49. The summed E-state index contributed by atoms with van der Waals surface area (Å²) < 4.78 is 25.1. The van der Waals surface area contributed by atoms with Gasteiger partial charge in [-0.2, -0.15) is 0 Å². The van der Waals surface area contributed by atoms with Gasteiger partial charge in [0.2, 0.25) is 0 Å². The van der Waals surface area contributed by atoms with Crippen LogP contribution in [0.15, 0.2) is 36.4 Å². The predicted octanol–water partition coefficient (Wildman–Crippen LogP) is 4.71. The van der Waals surface area contributed by atoms with Crippen LogP contribution in [0.2, 0.25) is 5.02 Å². The Labute approximate surface area is 144 Å². The Morgan fingerprint density at radius 1 is 1.17 bits per heavy atom. The molecule has 2 aromatic rings. The Morgan fingerprint density at radius 3 is 2.42 bits per heavy atom. The van der Waals surface area contributed by atoms with Crippen LogP contribution in [0.3, 0.4) is 0 Å².